The molecule has 2 aromatic carbocycles. The summed E-state index contributed by atoms with van der Waals surface area (Å²) in [6, 6.07) is 4.96. The number of carbonyl (C=O) groups excluding carboxylic acids is 3. The molecular weight excluding hydrogens is 573 g/mol. The van der Waals surface area contributed by atoms with Crippen LogP contribution in [-0.4, -0.2) is 57.0 Å². The first-order chi connectivity index (χ1) is 19.9. The van der Waals surface area contributed by atoms with E-state index < -0.39 is 29.6 Å². The highest BCUT2D eigenvalue weighted by atomic mass is 19.4. The third-order valence-electron chi connectivity index (χ3n) is 5.37. The lowest BCUT2D eigenvalue weighted by Crippen LogP contribution is -2.30. The van der Waals surface area contributed by atoms with E-state index in [9.17, 15) is 27.6 Å². The Morgan fingerprint density at radius 3 is 1.70 bits per heavy atom. The van der Waals surface area contributed by atoms with E-state index in [2.05, 4.69) is 5.32 Å². The molecule has 0 aliphatic heterocycles. The molecule has 2 N–H and O–H groups in total. The van der Waals surface area contributed by atoms with E-state index in [0.717, 1.165) is 6.07 Å². The van der Waals surface area contributed by atoms with Crippen LogP contribution in [0.1, 0.15) is 69.2 Å². The van der Waals surface area contributed by atoms with Gasteiger partial charge in [-0.2, -0.15) is 13.2 Å². The molecule has 238 valence electrons. The van der Waals surface area contributed by atoms with E-state index in [1.165, 1.54) is 32.4 Å². The molecule has 0 spiro atoms. The summed E-state index contributed by atoms with van der Waals surface area (Å²) in [6.45, 7) is 12.7. The molecule has 0 unspecified atom stereocenters. The zero-order valence-electron chi connectivity index (χ0n) is 25.8. The van der Waals surface area contributed by atoms with E-state index in [0.29, 0.717) is 0 Å². The number of hydrogen-bond acceptors (Lipinski definition) is 8. The SMILES string of the molecule is COc1cc(OC)c(C(=O)OC(C)(C)C)cc1NC(=O)c1cc(NC(=O)C(F)(F)F)c(OCC(C)C)cc1OCC(C)C. The summed E-state index contributed by atoms with van der Waals surface area (Å²) < 4.78 is 67.1. The van der Waals surface area contributed by atoms with Crippen LogP contribution in [0.4, 0.5) is 24.5 Å². The number of methoxy groups -OCH3 is 2. The Bertz CT molecular complexity index is 1320. The number of anilines is 2. The van der Waals surface area contributed by atoms with Crippen molar-refractivity contribution in [1.29, 1.82) is 0 Å². The third-order valence-corrected chi connectivity index (χ3v) is 5.37. The minimum atomic E-state index is -5.20. The van der Waals surface area contributed by atoms with Crippen LogP contribution in [0.2, 0.25) is 0 Å². The molecule has 0 aromatic heterocycles. The van der Waals surface area contributed by atoms with Crippen molar-refractivity contribution in [2.24, 2.45) is 11.8 Å². The number of benzene rings is 2. The Labute approximate surface area is 249 Å². The highest BCUT2D eigenvalue weighted by molar-refractivity contribution is 6.09. The van der Waals surface area contributed by atoms with Gasteiger partial charge in [0.15, 0.2) is 0 Å². The Morgan fingerprint density at radius 2 is 1.21 bits per heavy atom. The summed E-state index contributed by atoms with van der Waals surface area (Å²) in [5.74, 6) is -3.68. The summed E-state index contributed by atoms with van der Waals surface area (Å²) >= 11 is 0. The number of esters is 1. The number of hydrogen-bond donors (Lipinski definition) is 2. The van der Waals surface area contributed by atoms with Crippen LogP contribution in [0.15, 0.2) is 24.3 Å². The van der Waals surface area contributed by atoms with Crippen molar-refractivity contribution in [2.75, 3.05) is 38.1 Å². The van der Waals surface area contributed by atoms with Gasteiger partial charge in [-0.3, -0.25) is 9.59 Å². The van der Waals surface area contributed by atoms with Crippen molar-refractivity contribution in [3.8, 4) is 23.0 Å². The Kier molecular flexibility index (Phi) is 11.7. The van der Waals surface area contributed by atoms with E-state index >= 15 is 0 Å². The molecule has 0 aliphatic carbocycles. The molecule has 0 heterocycles. The van der Waals surface area contributed by atoms with Crippen molar-refractivity contribution < 1.29 is 51.2 Å². The van der Waals surface area contributed by atoms with E-state index in [4.69, 9.17) is 23.7 Å². The van der Waals surface area contributed by atoms with Crippen LogP contribution in [0.3, 0.4) is 0 Å². The number of halogens is 3. The van der Waals surface area contributed by atoms with Crippen molar-refractivity contribution in [1.82, 2.24) is 0 Å². The molecule has 0 atom stereocenters. The predicted octanol–water partition coefficient (Wildman–Crippen LogP) is 6.48. The summed E-state index contributed by atoms with van der Waals surface area (Å²) in [6.07, 6.45) is -5.20. The molecule has 0 radical (unpaired) electrons. The van der Waals surface area contributed by atoms with Crippen LogP contribution >= 0.6 is 0 Å². The molecule has 0 bridgehead atoms. The number of rotatable bonds is 12. The Balaban J connectivity index is 2.66. The maximum absolute atomic E-state index is 13.7. The number of nitrogens with one attached hydrogen (secondary N) is 2. The molecule has 10 nitrogen and oxygen atoms in total. The zero-order valence-corrected chi connectivity index (χ0v) is 25.8. The number of amides is 2. The monoisotopic (exact) mass is 612 g/mol. The Hall–Kier alpha value is -4.16. The summed E-state index contributed by atoms with van der Waals surface area (Å²) in [4.78, 5) is 38.4. The van der Waals surface area contributed by atoms with Crippen LogP contribution < -0.4 is 29.6 Å². The first-order valence-electron chi connectivity index (χ1n) is 13.5. The topological polar surface area (TPSA) is 121 Å². The van der Waals surface area contributed by atoms with Gasteiger partial charge in [0.2, 0.25) is 0 Å². The maximum Gasteiger partial charge on any atom is 0.471 e. The summed E-state index contributed by atoms with van der Waals surface area (Å²) in [7, 11) is 2.68. The average molecular weight is 613 g/mol. The van der Waals surface area contributed by atoms with Crippen LogP contribution in [0, 0.1) is 11.8 Å². The molecule has 0 aliphatic rings. The van der Waals surface area contributed by atoms with Gasteiger partial charge in [-0.1, -0.05) is 27.7 Å². The van der Waals surface area contributed by atoms with Gasteiger partial charge >= 0.3 is 18.1 Å². The Morgan fingerprint density at radius 1 is 0.721 bits per heavy atom. The molecule has 2 amide bonds. The van der Waals surface area contributed by atoms with E-state index in [-0.39, 0.29) is 70.5 Å². The van der Waals surface area contributed by atoms with Crippen molar-refractivity contribution >= 4 is 29.2 Å². The molecule has 2 aromatic rings. The standard InChI is InChI=1S/C30H39F3N2O8/c1-16(2)14-41-23-13-25(42-15-17(3)4)21(35-28(38)30(31,32)33)10-18(23)26(36)34-20-11-19(27(37)43-29(5,6)7)22(39-8)12-24(20)40-9/h10-13,16-17H,14-15H2,1-9H3,(H,34,36)(H,35,38). The smallest absolute Gasteiger partial charge is 0.471 e. The van der Waals surface area contributed by atoms with Gasteiger partial charge in [0.05, 0.1) is 44.4 Å². The fourth-order valence-corrected chi connectivity index (χ4v) is 3.46. The van der Waals surface area contributed by atoms with Crippen molar-refractivity contribution in [3.63, 3.8) is 0 Å². The van der Waals surface area contributed by atoms with Crippen LogP contribution in [0.5, 0.6) is 23.0 Å². The number of alkyl halides is 3. The lowest BCUT2D eigenvalue weighted by atomic mass is 10.1. The van der Waals surface area contributed by atoms with Gasteiger partial charge in [-0.15, -0.1) is 0 Å². The van der Waals surface area contributed by atoms with E-state index in [1.54, 1.807) is 26.1 Å². The normalized spacial score (nSPS) is 11.7. The second kappa shape index (κ2) is 14.3. The lowest BCUT2D eigenvalue weighted by Gasteiger charge is -2.22. The average Bonchev–Trinajstić information content (AvgIpc) is 2.89. The van der Waals surface area contributed by atoms with Crippen LogP contribution in [-0.2, 0) is 9.53 Å². The largest absolute Gasteiger partial charge is 0.496 e. The minimum Gasteiger partial charge on any atom is -0.496 e. The fourth-order valence-electron chi connectivity index (χ4n) is 3.46. The molecule has 0 saturated heterocycles. The first kappa shape index (κ1) is 35.0. The first-order valence-corrected chi connectivity index (χ1v) is 13.5. The van der Waals surface area contributed by atoms with Crippen LogP contribution in [0.25, 0.3) is 0 Å². The molecule has 43 heavy (non-hydrogen) atoms. The van der Waals surface area contributed by atoms with Crippen molar-refractivity contribution in [2.45, 2.75) is 60.2 Å². The third kappa shape index (κ3) is 10.3. The van der Waals surface area contributed by atoms with Gasteiger partial charge in [0.25, 0.3) is 5.91 Å². The van der Waals surface area contributed by atoms with Gasteiger partial charge in [-0.25, -0.2) is 4.79 Å². The molecule has 0 saturated carbocycles. The van der Waals surface area contributed by atoms with Gasteiger partial charge < -0.3 is 34.3 Å². The second-order valence-corrected chi connectivity index (χ2v) is 11.4. The maximum atomic E-state index is 13.7. The number of carbonyl (C=O) groups is 3. The summed E-state index contributed by atoms with van der Waals surface area (Å²) in [5, 5.41) is 4.39. The minimum absolute atomic E-state index is 0.00381. The molecule has 2 rings (SSSR count). The van der Waals surface area contributed by atoms with Gasteiger partial charge in [0.1, 0.15) is 34.2 Å². The molecule has 0 fully saturated rings. The predicted molar refractivity (Wildman–Crippen MR) is 154 cm³/mol. The molecule has 13 heteroatoms. The highest BCUT2D eigenvalue weighted by Gasteiger charge is 2.39. The number of ether oxygens (including phenoxy) is 5. The zero-order chi connectivity index (χ0) is 32.7. The second-order valence-electron chi connectivity index (χ2n) is 11.4. The van der Waals surface area contributed by atoms with E-state index in [1.807, 2.05) is 27.7 Å². The van der Waals surface area contributed by atoms with Gasteiger partial charge in [-0.05, 0) is 44.7 Å². The van der Waals surface area contributed by atoms with Crippen molar-refractivity contribution in [3.05, 3.63) is 35.4 Å². The summed E-state index contributed by atoms with van der Waals surface area (Å²) in [5.41, 5.74) is -1.41. The molecular formula is C30H39F3N2O8. The highest BCUT2D eigenvalue weighted by Crippen LogP contribution is 2.38. The fraction of sp³-hybridized carbons (Fsp3) is 0.500. The van der Waals surface area contributed by atoms with Gasteiger partial charge in [0, 0.05) is 12.1 Å². The lowest BCUT2D eigenvalue weighted by molar-refractivity contribution is -0.167. The quantitative estimate of drug-likeness (QED) is 0.261.